The molecular weight excluding hydrogens is 548 g/mol. The van der Waals surface area contributed by atoms with Crippen LogP contribution in [0.2, 0.25) is 0 Å². The number of nitrogens with zero attached hydrogens (tertiary/aromatic N) is 1. The van der Waals surface area contributed by atoms with Crippen LogP contribution < -0.4 is 27.4 Å². The third-order valence-electron chi connectivity index (χ3n) is 6.64. The first kappa shape index (κ1) is 31.8. The minimum atomic E-state index is -1.70. The molecule has 226 valence electrons. The van der Waals surface area contributed by atoms with E-state index >= 15 is 0 Å². The molecule has 0 spiro atoms. The predicted molar refractivity (Wildman–Crippen MR) is 151 cm³/mol. The van der Waals surface area contributed by atoms with Crippen LogP contribution in [0, 0.1) is 0 Å². The number of carbonyl (C=O) groups excluding carboxylic acids is 3. The fourth-order valence-corrected chi connectivity index (χ4v) is 4.42. The molecular formula is C27H36N8O7. The van der Waals surface area contributed by atoms with E-state index in [1.807, 2.05) is 24.3 Å². The first-order valence-corrected chi connectivity index (χ1v) is 13.4. The number of carboxylic acids is 2. The van der Waals surface area contributed by atoms with E-state index in [0.717, 1.165) is 16.5 Å². The van der Waals surface area contributed by atoms with Crippen molar-refractivity contribution in [3.05, 3.63) is 54.2 Å². The molecule has 2 aromatic heterocycles. The van der Waals surface area contributed by atoms with Crippen molar-refractivity contribution in [2.75, 3.05) is 6.54 Å². The van der Waals surface area contributed by atoms with Crippen LogP contribution in [0.25, 0.3) is 10.9 Å². The normalized spacial score (nSPS) is 14.0. The lowest BCUT2D eigenvalue weighted by Crippen LogP contribution is -2.58. The zero-order valence-corrected chi connectivity index (χ0v) is 22.8. The highest BCUT2D eigenvalue weighted by Crippen LogP contribution is 2.19. The summed E-state index contributed by atoms with van der Waals surface area (Å²) in [6.45, 7) is 0.326. The number of aromatic amines is 2. The zero-order valence-electron chi connectivity index (χ0n) is 22.8. The van der Waals surface area contributed by atoms with Gasteiger partial charge in [-0.1, -0.05) is 18.2 Å². The van der Waals surface area contributed by atoms with Gasteiger partial charge in [-0.25, -0.2) is 9.78 Å². The Bertz CT molecular complexity index is 1370. The molecule has 0 fully saturated rings. The number of aliphatic carboxylic acids is 2. The number of nitrogens with two attached hydrogens (primary N) is 2. The summed E-state index contributed by atoms with van der Waals surface area (Å²) >= 11 is 0. The lowest BCUT2D eigenvalue weighted by atomic mass is 10.0. The summed E-state index contributed by atoms with van der Waals surface area (Å²) in [7, 11) is 0. The fourth-order valence-electron chi connectivity index (χ4n) is 4.42. The van der Waals surface area contributed by atoms with Gasteiger partial charge in [-0.3, -0.25) is 19.2 Å². The summed E-state index contributed by atoms with van der Waals surface area (Å²) < 4.78 is 0. The highest BCUT2D eigenvalue weighted by atomic mass is 16.4. The van der Waals surface area contributed by atoms with E-state index in [4.69, 9.17) is 16.6 Å². The third-order valence-corrected chi connectivity index (χ3v) is 6.64. The van der Waals surface area contributed by atoms with Crippen LogP contribution in [0.3, 0.4) is 0 Å². The molecule has 2 heterocycles. The van der Waals surface area contributed by atoms with Gasteiger partial charge in [-0.05, 0) is 37.4 Å². The molecule has 42 heavy (non-hydrogen) atoms. The van der Waals surface area contributed by atoms with Gasteiger partial charge in [-0.15, -0.1) is 0 Å². The highest BCUT2D eigenvalue weighted by molar-refractivity contribution is 5.95. The molecule has 3 amide bonds. The average molecular weight is 585 g/mol. The van der Waals surface area contributed by atoms with Crippen LogP contribution in [0.4, 0.5) is 0 Å². The van der Waals surface area contributed by atoms with Crippen molar-refractivity contribution in [3.63, 3.8) is 0 Å². The maximum absolute atomic E-state index is 13.6. The molecule has 4 atom stereocenters. The van der Waals surface area contributed by atoms with Crippen molar-refractivity contribution in [3.8, 4) is 0 Å². The molecule has 4 unspecified atom stereocenters. The Hall–Kier alpha value is -4.76. The number of carbonyl (C=O) groups is 5. The summed E-state index contributed by atoms with van der Waals surface area (Å²) in [5.41, 5.74) is 13.8. The minimum absolute atomic E-state index is 0.0479. The molecule has 15 heteroatoms. The second-order valence-corrected chi connectivity index (χ2v) is 9.86. The standard InChI is InChI=1S/C27H36N8O7/c28-8-4-3-7-20(25(39)35-22(27(41)42)11-23(36)37)33-26(40)21(9-15-12-31-19-6-2-1-5-17(15)19)34-24(38)18(29)10-16-13-30-14-32-16/h1-2,5-6,12-14,18,20-22,31H,3-4,7-11,28-29H2,(H,30,32)(H,33,40)(H,34,38)(H,35,39)(H,36,37)(H,41,42). The number of hydrogen-bond acceptors (Lipinski definition) is 8. The van der Waals surface area contributed by atoms with Gasteiger partial charge < -0.3 is 47.6 Å². The van der Waals surface area contributed by atoms with Crippen LogP contribution in [0.5, 0.6) is 0 Å². The monoisotopic (exact) mass is 584 g/mol. The van der Waals surface area contributed by atoms with Gasteiger partial charge >= 0.3 is 11.9 Å². The van der Waals surface area contributed by atoms with E-state index in [9.17, 15) is 29.1 Å². The second kappa shape index (κ2) is 15.3. The van der Waals surface area contributed by atoms with Gasteiger partial charge in [0, 0.05) is 41.8 Å². The molecule has 11 N–H and O–H groups in total. The van der Waals surface area contributed by atoms with E-state index in [-0.39, 0.29) is 19.3 Å². The summed E-state index contributed by atoms with van der Waals surface area (Å²) in [6.07, 6.45) is 5.08. The molecule has 1 aromatic carbocycles. The quantitative estimate of drug-likeness (QED) is 0.0887. The number of benzene rings is 1. The Labute approximate surface area is 240 Å². The number of H-pyrrole nitrogens is 2. The van der Waals surface area contributed by atoms with Gasteiger partial charge in [0.25, 0.3) is 0 Å². The van der Waals surface area contributed by atoms with Crippen molar-refractivity contribution in [1.29, 1.82) is 0 Å². The number of unbranched alkanes of at least 4 members (excludes halogenated alkanes) is 1. The molecule has 15 nitrogen and oxygen atoms in total. The van der Waals surface area contributed by atoms with Crippen molar-refractivity contribution >= 4 is 40.6 Å². The van der Waals surface area contributed by atoms with Crippen molar-refractivity contribution in [2.45, 2.75) is 62.7 Å². The van der Waals surface area contributed by atoms with E-state index in [2.05, 4.69) is 30.9 Å². The van der Waals surface area contributed by atoms with Crippen molar-refractivity contribution < 1.29 is 34.2 Å². The molecule has 0 saturated heterocycles. The maximum atomic E-state index is 13.6. The molecule has 0 radical (unpaired) electrons. The van der Waals surface area contributed by atoms with Gasteiger partial charge in [0.1, 0.15) is 18.1 Å². The number of rotatable bonds is 17. The summed E-state index contributed by atoms with van der Waals surface area (Å²) in [4.78, 5) is 72.2. The molecule has 0 aliphatic heterocycles. The number of para-hydroxylation sites is 1. The number of aromatic nitrogens is 3. The topological polar surface area (TPSA) is 258 Å². The van der Waals surface area contributed by atoms with Gasteiger partial charge in [-0.2, -0.15) is 0 Å². The van der Waals surface area contributed by atoms with Crippen LogP contribution in [0.15, 0.2) is 43.0 Å². The predicted octanol–water partition coefficient (Wildman–Crippen LogP) is -0.854. The lowest BCUT2D eigenvalue weighted by Gasteiger charge is -2.25. The molecule has 0 aliphatic rings. The lowest BCUT2D eigenvalue weighted by molar-refractivity contribution is -0.147. The summed E-state index contributed by atoms with van der Waals surface area (Å²) in [6, 6.07) is 2.30. The van der Waals surface area contributed by atoms with Crippen molar-refractivity contribution in [1.82, 2.24) is 30.9 Å². The first-order valence-electron chi connectivity index (χ1n) is 13.4. The number of imidazole rings is 1. The molecule has 0 saturated carbocycles. The Kier molecular flexibility index (Phi) is 11.6. The number of fused-ring (bicyclic) bond motifs is 1. The molecule has 3 rings (SSSR count). The number of nitrogens with one attached hydrogen (secondary N) is 5. The van der Waals surface area contributed by atoms with Crippen molar-refractivity contribution in [2.24, 2.45) is 11.5 Å². The first-order chi connectivity index (χ1) is 20.1. The third kappa shape index (κ3) is 9.14. The average Bonchev–Trinajstić information content (AvgIpc) is 3.61. The van der Waals surface area contributed by atoms with Gasteiger partial charge in [0.15, 0.2) is 0 Å². The van der Waals surface area contributed by atoms with Crippen LogP contribution in [-0.2, 0) is 36.8 Å². The minimum Gasteiger partial charge on any atom is -0.481 e. The second-order valence-electron chi connectivity index (χ2n) is 9.86. The van der Waals surface area contributed by atoms with Gasteiger partial charge in [0.05, 0.1) is 18.8 Å². The van der Waals surface area contributed by atoms with Gasteiger partial charge in [0.2, 0.25) is 17.7 Å². The SMILES string of the molecule is NCCCCC(NC(=O)C(Cc1c[nH]c2ccccc12)NC(=O)C(N)Cc1cnc[nH]1)C(=O)NC(CC(=O)O)C(=O)O. The molecule has 0 aliphatic carbocycles. The summed E-state index contributed by atoms with van der Waals surface area (Å²) in [5, 5.41) is 26.7. The van der Waals surface area contributed by atoms with Crippen LogP contribution in [-0.4, -0.2) is 85.5 Å². The van der Waals surface area contributed by atoms with E-state index in [1.54, 1.807) is 6.20 Å². The smallest absolute Gasteiger partial charge is 0.326 e. The Morgan fingerprint density at radius 1 is 0.881 bits per heavy atom. The Balaban J connectivity index is 1.82. The molecule has 0 bridgehead atoms. The van der Waals surface area contributed by atoms with Crippen LogP contribution >= 0.6 is 0 Å². The Morgan fingerprint density at radius 2 is 1.57 bits per heavy atom. The number of amides is 3. The zero-order chi connectivity index (χ0) is 30.6. The van der Waals surface area contributed by atoms with Crippen LogP contribution in [0.1, 0.15) is 36.9 Å². The molecule has 3 aromatic rings. The van der Waals surface area contributed by atoms with E-state index in [0.29, 0.717) is 25.1 Å². The van der Waals surface area contributed by atoms with E-state index < -0.39 is 60.2 Å². The largest absolute Gasteiger partial charge is 0.481 e. The Morgan fingerprint density at radius 3 is 2.24 bits per heavy atom. The highest BCUT2D eigenvalue weighted by Gasteiger charge is 2.31. The van der Waals surface area contributed by atoms with E-state index in [1.165, 1.54) is 12.5 Å². The number of carboxylic acid groups (broad SMARTS) is 2. The fraction of sp³-hybridized carbons (Fsp3) is 0.407. The number of hydrogen-bond donors (Lipinski definition) is 9. The summed E-state index contributed by atoms with van der Waals surface area (Å²) in [5.74, 6) is -5.14. The maximum Gasteiger partial charge on any atom is 0.326 e.